The van der Waals surface area contributed by atoms with Crippen LogP contribution in [0.2, 0.25) is 0 Å². The molecule has 1 saturated heterocycles. The van der Waals surface area contributed by atoms with Crippen molar-refractivity contribution in [3.05, 3.63) is 29.8 Å². The second-order valence-corrected chi connectivity index (χ2v) is 6.13. The Morgan fingerprint density at radius 2 is 1.80 bits per heavy atom. The number of rotatable bonds is 5. The number of anilines is 1. The molecule has 1 aromatic rings. The monoisotopic (exact) mass is 275 g/mol. The molecule has 0 radical (unpaired) electrons. The number of piperidine rings is 1. The highest BCUT2D eigenvalue weighted by Gasteiger charge is 2.24. The quantitative estimate of drug-likeness (QED) is 0.897. The molecule has 3 heteroatoms. The lowest BCUT2D eigenvalue weighted by molar-refractivity contribution is 0.134. The molecule has 1 heterocycles. The summed E-state index contributed by atoms with van der Waals surface area (Å²) >= 11 is 0. The van der Waals surface area contributed by atoms with E-state index < -0.39 is 0 Å². The largest absolute Gasteiger partial charge is 0.378 e. The van der Waals surface area contributed by atoms with E-state index in [0.29, 0.717) is 12.6 Å². The van der Waals surface area contributed by atoms with Crippen molar-refractivity contribution in [2.24, 2.45) is 11.7 Å². The number of nitrogens with two attached hydrogens (primary N) is 1. The van der Waals surface area contributed by atoms with Crippen LogP contribution in [0.15, 0.2) is 24.3 Å². The van der Waals surface area contributed by atoms with Gasteiger partial charge >= 0.3 is 0 Å². The Kier molecular flexibility index (Phi) is 5.44. The van der Waals surface area contributed by atoms with Gasteiger partial charge in [0.25, 0.3) is 0 Å². The molecular formula is C17H29N3. The van der Waals surface area contributed by atoms with Crippen LogP contribution in [0, 0.1) is 5.92 Å². The molecule has 2 rings (SSSR count). The Morgan fingerprint density at radius 1 is 1.20 bits per heavy atom. The molecule has 0 amide bonds. The van der Waals surface area contributed by atoms with Crippen molar-refractivity contribution < 1.29 is 0 Å². The van der Waals surface area contributed by atoms with Gasteiger partial charge in [0.2, 0.25) is 0 Å². The predicted molar refractivity (Wildman–Crippen MR) is 87.2 cm³/mol. The molecule has 3 nitrogen and oxygen atoms in total. The first kappa shape index (κ1) is 15.3. The van der Waals surface area contributed by atoms with Crippen LogP contribution >= 0.6 is 0 Å². The van der Waals surface area contributed by atoms with Crippen LogP contribution in [0.3, 0.4) is 0 Å². The van der Waals surface area contributed by atoms with Gasteiger partial charge in [0, 0.05) is 32.4 Å². The summed E-state index contributed by atoms with van der Waals surface area (Å²) in [6.45, 7) is 5.39. The van der Waals surface area contributed by atoms with Gasteiger partial charge in [-0.15, -0.1) is 0 Å². The van der Waals surface area contributed by atoms with Crippen LogP contribution in [0.25, 0.3) is 0 Å². The minimum absolute atomic E-state index is 0.379. The molecule has 1 aliphatic rings. The van der Waals surface area contributed by atoms with E-state index in [-0.39, 0.29) is 0 Å². The number of nitrogens with zero attached hydrogens (tertiary/aromatic N) is 2. The Balaban J connectivity index is 2.04. The topological polar surface area (TPSA) is 32.5 Å². The summed E-state index contributed by atoms with van der Waals surface area (Å²) in [6, 6.07) is 9.23. The van der Waals surface area contributed by atoms with E-state index in [1.165, 1.54) is 43.6 Å². The van der Waals surface area contributed by atoms with E-state index in [1.54, 1.807) is 0 Å². The van der Waals surface area contributed by atoms with E-state index in [0.717, 1.165) is 5.92 Å². The molecule has 0 aromatic heterocycles. The minimum atomic E-state index is 0.379. The van der Waals surface area contributed by atoms with Gasteiger partial charge in [0.1, 0.15) is 0 Å². The van der Waals surface area contributed by atoms with E-state index >= 15 is 0 Å². The van der Waals surface area contributed by atoms with Crippen LogP contribution < -0.4 is 10.6 Å². The van der Waals surface area contributed by atoms with E-state index in [1.807, 2.05) is 0 Å². The number of likely N-dealkylation sites (tertiary alicyclic amines) is 1. The fraction of sp³-hybridized carbons (Fsp3) is 0.647. The van der Waals surface area contributed by atoms with Crippen LogP contribution in [0.4, 0.5) is 5.69 Å². The normalized spacial score (nSPS) is 19.0. The van der Waals surface area contributed by atoms with Gasteiger partial charge in [0.05, 0.1) is 0 Å². The fourth-order valence-electron chi connectivity index (χ4n) is 3.16. The summed E-state index contributed by atoms with van der Waals surface area (Å²) in [5.74, 6) is 0.917. The number of hydrogen-bond acceptors (Lipinski definition) is 3. The fourth-order valence-corrected chi connectivity index (χ4v) is 3.16. The van der Waals surface area contributed by atoms with Crippen molar-refractivity contribution in [3.63, 3.8) is 0 Å². The van der Waals surface area contributed by atoms with Crippen molar-refractivity contribution in [1.29, 1.82) is 0 Å². The lowest BCUT2D eigenvalue weighted by Gasteiger charge is -2.37. The van der Waals surface area contributed by atoms with Crippen LogP contribution in [0.1, 0.15) is 37.8 Å². The molecule has 0 aliphatic carbocycles. The Morgan fingerprint density at radius 3 is 2.25 bits per heavy atom. The lowest BCUT2D eigenvalue weighted by Crippen LogP contribution is -2.39. The average molecular weight is 275 g/mol. The highest BCUT2D eigenvalue weighted by molar-refractivity contribution is 5.46. The number of benzene rings is 1. The second-order valence-electron chi connectivity index (χ2n) is 6.13. The van der Waals surface area contributed by atoms with Gasteiger partial charge in [-0.2, -0.15) is 0 Å². The van der Waals surface area contributed by atoms with Crippen molar-refractivity contribution in [2.75, 3.05) is 38.6 Å². The summed E-state index contributed by atoms with van der Waals surface area (Å²) in [5.41, 5.74) is 8.65. The maximum absolute atomic E-state index is 6.05. The summed E-state index contributed by atoms with van der Waals surface area (Å²) in [4.78, 5) is 4.70. The van der Waals surface area contributed by atoms with Crippen LogP contribution in [-0.4, -0.2) is 38.6 Å². The second kappa shape index (κ2) is 7.09. The van der Waals surface area contributed by atoms with E-state index in [4.69, 9.17) is 5.73 Å². The van der Waals surface area contributed by atoms with Crippen molar-refractivity contribution in [2.45, 2.75) is 32.2 Å². The SMILES string of the molecule is CCC1CCN(C(CN)c2ccc(N(C)C)cc2)CC1. The third kappa shape index (κ3) is 3.53. The standard InChI is InChI=1S/C17H29N3/c1-4-14-9-11-20(12-10-14)17(13-18)15-5-7-16(8-6-15)19(2)3/h5-8,14,17H,4,9-13,18H2,1-3H3. The Hall–Kier alpha value is -1.06. The zero-order valence-electron chi connectivity index (χ0n) is 13.2. The molecule has 0 spiro atoms. The molecule has 1 aromatic carbocycles. The zero-order valence-corrected chi connectivity index (χ0v) is 13.2. The predicted octanol–water partition coefficient (Wildman–Crippen LogP) is 2.87. The smallest absolute Gasteiger partial charge is 0.0470 e. The molecule has 20 heavy (non-hydrogen) atoms. The summed E-state index contributed by atoms with van der Waals surface area (Å²) < 4.78 is 0. The molecule has 1 aliphatic heterocycles. The Labute approximate surface area is 123 Å². The maximum Gasteiger partial charge on any atom is 0.0470 e. The van der Waals surface area contributed by atoms with E-state index in [9.17, 15) is 0 Å². The van der Waals surface area contributed by atoms with Gasteiger partial charge < -0.3 is 10.6 Å². The third-order valence-corrected chi connectivity index (χ3v) is 4.68. The van der Waals surface area contributed by atoms with Gasteiger partial charge in [-0.05, 0) is 49.5 Å². The minimum Gasteiger partial charge on any atom is -0.378 e. The van der Waals surface area contributed by atoms with Crippen molar-refractivity contribution in [1.82, 2.24) is 4.90 Å². The molecule has 1 atom stereocenters. The molecule has 112 valence electrons. The van der Waals surface area contributed by atoms with Gasteiger partial charge in [-0.3, -0.25) is 4.90 Å². The van der Waals surface area contributed by atoms with Crippen molar-refractivity contribution >= 4 is 5.69 Å². The molecule has 1 unspecified atom stereocenters. The first-order valence-electron chi connectivity index (χ1n) is 7.87. The zero-order chi connectivity index (χ0) is 14.5. The molecule has 0 saturated carbocycles. The molecular weight excluding hydrogens is 246 g/mol. The molecule has 2 N–H and O–H groups in total. The third-order valence-electron chi connectivity index (χ3n) is 4.68. The van der Waals surface area contributed by atoms with E-state index in [2.05, 4.69) is 55.1 Å². The number of hydrogen-bond donors (Lipinski definition) is 1. The highest BCUT2D eigenvalue weighted by atomic mass is 15.2. The summed E-state index contributed by atoms with van der Waals surface area (Å²) in [7, 11) is 4.15. The first-order chi connectivity index (χ1) is 9.65. The van der Waals surface area contributed by atoms with Crippen LogP contribution in [0.5, 0.6) is 0 Å². The highest BCUT2D eigenvalue weighted by Crippen LogP contribution is 2.28. The van der Waals surface area contributed by atoms with Gasteiger partial charge in [-0.25, -0.2) is 0 Å². The van der Waals surface area contributed by atoms with Crippen LogP contribution in [-0.2, 0) is 0 Å². The Bertz CT molecular complexity index is 391. The van der Waals surface area contributed by atoms with Gasteiger partial charge in [0.15, 0.2) is 0 Å². The lowest BCUT2D eigenvalue weighted by atomic mass is 9.92. The maximum atomic E-state index is 6.05. The summed E-state index contributed by atoms with van der Waals surface area (Å²) in [5, 5.41) is 0. The summed E-state index contributed by atoms with van der Waals surface area (Å²) in [6.07, 6.45) is 3.96. The average Bonchev–Trinajstić information content (AvgIpc) is 2.49. The molecule has 1 fully saturated rings. The molecule has 0 bridgehead atoms. The first-order valence-corrected chi connectivity index (χ1v) is 7.87. The van der Waals surface area contributed by atoms with Crippen molar-refractivity contribution in [3.8, 4) is 0 Å². The van der Waals surface area contributed by atoms with Gasteiger partial charge in [-0.1, -0.05) is 25.5 Å².